The maximum atomic E-state index is 3.95. The second kappa shape index (κ2) is 7.15. The lowest BCUT2D eigenvalue weighted by Gasteiger charge is -2.10. The van der Waals surface area contributed by atoms with E-state index in [2.05, 4.69) is 39.5 Å². The van der Waals surface area contributed by atoms with E-state index in [4.69, 9.17) is 0 Å². The summed E-state index contributed by atoms with van der Waals surface area (Å²) < 4.78 is 0. The van der Waals surface area contributed by atoms with Gasteiger partial charge in [-0.25, -0.2) is 0 Å². The van der Waals surface area contributed by atoms with Gasteiger partial charge < -0.3 is 0 Å². The molecule has 0 aromatic heterocycles. The van der Waals surface area contributed by atoms with E-state index in [1.165, 1.54) is 18.4 Å². The van der Waals surface area contributed by atoms with Gasteiger partial charge in [-0.15, -0.1) is 6.58 Å². The fourth-order valence-corrected chi connectivity index (χ4v) is 1.41. The lowest BCUT2D eigenvalue weighted by molar-refractivity contribution is 0.574. The number of hydrogen-bond acceptors (Lipinski definition) is 0. The van der Waals surface area contributed by atoms with E-state index in [1.54, 1.807) is 0 Å². The first kappa shape index (κ1) is 11.5. The molecule has 0 spiro atoms. The van der Waals surface area contributed by atoms with E-state index in [1.807, 2.05) is 0 Å². The van der Waals surface area contributed by atoms with Crippen LogP contribution in [0.4, 0.5) is 0 Å². The Morgan fingerprint density at radius 3 is 2.50 bits per heavy atom. The van der Waals surface area contributed by atoms with Crippen molar-refractivity contribution in [3.8, 4) is 0 Å². The molecular weight excluding hydrogens is 144 g/mol. The molecule has 0 radical (unpaired) electrons. The van der Waals surface area contributed by atoms with Crippen molar-refractivity contribution in [2.45, 2.75) is 46.5 Å². The predicted octanol–water partition coefficient (Wildman–Crippen LogP) is 4.34. The molecule has 0 saturated heterocycles. The summed E-state index contributed by atoms with van der Waals surface area (Å²) in [7, 11) is 0. The first-order chi connectivity index (χ1) is 5.70. The summed E-state index contributed by atoms with van der Waals surface area (Å²) in [6, 6.07) is 0. The Labute approximate surface area is 77.4 Å². The fourth-order valence-electron chi connectivity index (χ4n) is 1.41. The van der Waals surface area contributed by atoms with Crippen LogP contribution in [-0.2, 0) is 0 Å². The average Bonchev–Trinajstić information content (AvgIpc) is 2.00. The maximum absolute atomic E-state index is 3.95. The zero-order valence-electron chi connectivity index (χ0n) is 8.77. The van der Waals surface area contributed by atoms with Crippen molar-refractivity contribution in [1.82, 2.24) is 0 Å². The zero-order valence-corrected chi connectivity index (χ0v) is 8.77. The molecule has 0 fully saturated rings. The topological polar surface area (TPSA) is 0 Å². The molecule has 0 aliphatic carbocycles. The number of rotatable bonds is 6. The van der Waals surface area contributed by atoms with Gasteiger partial charge >= 0.3 is 0 Å². The van der Waals surface area contributed by atoms with Gasteiger partial charge in [0.2, 0.25) is 0 Å². The summed E-state index contributed by atoms with van der Waals surface area (Å²) in [6.07, 6.45) is 9.48. The van der Waals surface area contributed by atoms with Gasteiger partial charge in [-0.1, -0.05) is 38.0 Å². The molecule has 0 heterocycles. The van der Waals surface area contributed by atoms with Crippen molar-refractivity contribution in [3.05, 3.63) is 24.3 Å². The van der Waals surface area contributed by atoms with Crippen LogP contribution in [0.5, 0.6) is 0 Å². The van der Waals surface area contributed by atoms with Crippen LogP contribution >= 0.6 is 0 Å². The van der Waals surface area contributed by atoms with E-state index < -0.39 is 0 Å². The molecular formula is C12H22. The SMILES string of the molecule is C=C(C)CC(C=CCC)CCC. The van der Waals surface area contributed by atoms with Crippen LogP contribution in [0.3, 0.4) is 0 Å². The van der Waals surface area contributed by atoms with Crippen molar-refractivity contribution in [3.63, 3.8) is 0 Å². The van der Waals surface area contributed by atoms with Gasteiger partial charge in [-0.2, -0.15) is 0 Å². The average molecular weight is 166 g/mol. The molecule has 0 amide bonds. The second-order valence-electron chi connectivity index (χ2n) is 3.55. The highest BCUT2D eigenvalue weighted by atomic mass is 14.1. The van der Waals surface area contributed by atoms with Gasteiger partial charge in [0.25, 0.3) is 0 Å². The van der Waals surface area contributed by atoms with Gasteiger partial charge in [0, 0.05) is 0 Å². The molecule has 12 heavy (non-hydrogen) atoms. The van der Waals surface area contributed by atoms with Crippen molar-refractivity contribution in [2.24, 2.45) is 5.92 Å². The number of hydrogen-bond donors (Lipinski definition) is 0. The van der Waals surface area contributed by atoms with Gasteiger partial charge in [0.05, 0.1) is 0 Å². The van der Waals surface area contributed by atoms with Gasteiger partial charge in [0.1, 0.15) is 0 Å². The molecule has 1 atom stereocenters. The van der Waals surface area contributed by atoms with Gasteiger partial charge in [0.15, 0.2) is 0 Å². The Morgan fingerprint density at radius 2 is 2.08 bits per heavy atom. The molecule has 0 saturated carbocycles. The first-order valence-electron chi connectivity index (χ1n) is 5.01. The molecule has 0 aromatic carbocycles. The zero-order chi connectivity index (χ0) is 9.40. The van der Waals surface area contributed by atoms with Crippen LogP contribution in [0.1, 0.15) is 46.5 Å². The van der Waals surface area contributed by atoms with Crippen LogP contribution < -0.4 is 0 Å². The van der Waals surface area contributed by atoms with E-state index >= 15 is 0 Å². The Morgan fingerprint density at radius 1 is 1.42 bits per heavy atom. The lowest BCUT2D eigenvalue weighted by atomic mass is 9.96. The maximum Gasteiger partial charge on any atom is -0.0197 e. The highest BCUT2D eigenvalue weighted by Crippen LogP contribution is 2.17. The Bertz CT molecular complexity index is 142. The van der Waals surface area contributed by atoms with Crippen molar-refractivity contribution in [1.29, 1.82) is 0 Å². The molecule has 0 aromatic rings. The minimum absolute atomic E-state index is 0.729. The summed E-state index contributed by atoms with van der Waals surface area (Å²) in [5, 5.41) is 0. The van der Waals surface area contributed by atoms with Crippen molar-refractivity contribution >= 4 is 0 Å². The van der Waals surface area contributed by atoms with Crippen LogP contribution in [0.15, 0.2) is 24.3 Å². The summed E-state index contributed by atoms with van der Waals surface area (Å²) in [5.41, 5.74) is 1.30. The third-order valence-electron chi connectivity index (χ3n) is 1.91. The molecule has 1 unspecified atom stereocenters. The first-order valence-corrected chi connectivity index (χ1v) is 5.01. The highest BCUT2D eigenvalue weighted by molar-refractivity contribution is 4.97. The van der Waals surface area contributed by atoms with Crippen LogP contribution in [0.2, 0.25) is 0 Å². The second-order valence-corrected chi connectivity index (χ2v) is 3.55. The minimum Gasteiger partial charge on any atom is -0.100 e. The largest absolute Gasteiger partial charge is 0.100 e. The van der Waals surface area contributed by atoms with Crippen LogP contribution in [0, 0.1) is 5.92 Å². The standard InChI is InChI=1S/C12H22/c1-5-7-9-12(8-6-2)10-11(3)4/h7,9,12H,3,5-6,8,10H2,1-2,4H3. The Hall–Kier alpha value is -0.520. The Kier molecular flexibility index (Phi) is 6.84. The minimum atomic E-state index is 0.729. The summed E-state index contributed by atoms with van der Waals surface area (Å²) >= 11 is 0. The quantitative estimate of drug-likeness (QED) is 0.515. The van der Waals surface area contributed by atoms with Gasteiger partial charge in [-0.05, 0) is 32.1 Å². The van der Waals surface area contributed by atoms with Crippen LogP contribution in [0.25, 0.3) is 0 Å². The Balaban J connectivity index is 3.85. The van der Waals surface area contributed by atoms with E-state index in [0.717, 1.165) is 18.8 Å². The molecule has 0 aliphatic heterocycles. The molecule has 0 N–H and O–H groups in total. The third-order valence-corrected chi connectivity index (χ3v) is 1.91. The summed E-state index contributed by atoms with van der Waals surface area (Å²) in [4.78, 5) is 0. The molecule has 0 bridgehead atoms. The number of allylic oxidation sites excluding steroid dienone is 3. The van der Waals surface area contributed by atoms with Gasteiger partial charge in [-0.3, -0.25) is 0 Å². The molecule has 70 valence electrons. The monoisotopic (exact) mass is 166 g/mol. The molecule has 0 heteroatoms. The predicted molar refractivity (Wildman–Crippen MR) is 57.3 cm³/mol. The van der Waals surface area contributed by atoms with Crippen molar-refractivity contribution < 1.29 is 0 Å². The van der Waals surface area contributed by atoms with E-state index in [0.29, 0.717) is 0 Å². The molecule has 0 nitrogen and oxygen atoms in total. The van der Waals surface area contributed by atoms with E-state index in [-0.39, 0.29) is 0 Å². The summed E-state index contributed by atoms with van der Waals surface area (Å²) in [6.45, 7) is 10.5. The van der Waals surface area contributed by atoms with Crippen LogP contribution in [-0.4, -0.2) is 0 Å². The smallest absolute Gasteiger partial charge is 0.0197 e. The lowest BCUT2D eigenvalue weighted by Crippen LogP contribution is -1.96. The van der Waals surface area contributed by atoms with Crippen molar-refractivity contribution in [2.75, 3.05) is 0 Å². The third kappa shape index (κ3) is 6.21. The normalized spacial score (nSPS) is 13.6. The molecule has 0 rings (SSSR count). The summed E-state index contributed by atoms with van der Waals surface area (Å²) in [5.74, 6) is 0.729. The molecule has 0 aliphatic rings. The van der Waals surface area contributed by atoms with E-state index in [9.17, 15) is 0 Å². The fraction of sp³-hybridized carbons (Fsp3) is 0.667. The highest BCUT2D eigenvalue weighted by Gasteiger charge is 2.02.